The summed E-state index contributed by atoms with van der Waals surface area (Å²) in [5, 5.41) is 3.40. The van der Waals surface area contributed by atoms with Crippen LogP contribution in [0.4, 0.5) is 11.4 Å². The van der Waals surface area contributed by atoms with Gasteiger partial charge in [0.1, 0.15) is 0 Å². The molecule has 2 nitrogen and oxygen atoms in total. The molecule has 2 aromatic rings. The normalized spacial score (nSPS) is 10.5. The Kier molecular flexibility index (Phi) is 4.53. The molecule has 0 aliphatic heterocycles. The lowest BCUT2D eigenvalue weighted by Crippen LogP contribution is -2.05. The molecule has 0 saturated heterocycles. The largest absolute Gasteiger partial charge is 0.399 e. The number of halogens is 2. The highest BCUT2D eigenvalue weighted by Crippen LogP contribution is 2.23. The fraction of sp³-hybridized carbons (Fsp3) is 0.167. The Balaban J connectivity index is 1.90. The zero-order chi connectivity index (χ0) is 12.3. The number of hydrogen-bond acceptors (Lipinski definition) is 3. The molecule has 0 unspecified atom stereocenters. The van der Waals surface area contributed by atoms with E-state index in [1.165, 1.54) is 4.88 Å². The summed E-state index contributed by atoms with van der Waals surface area (Å²) in [6, 6.07) is 9.90. The van der Waals surface area contributed by atoms with Gasteiger partial charge >= 0.3 is 0 Å². The van der Waals surface area contributed by atoms with E-state index < -0.39 is 0 Å². The molecule has 90 valence electrons. The standard InChI is InChI=1S/C12H12ClIN2S/c13-12-4-2-9(17-12)5-6-16-11-3-1-8(15)7-10(11)14/h1-4,7,16H,5-6,15H2. The second-order valence-corrected chi connectivity index (χ2v) is 6.58. The summed E-state index contributed by atoms with van der Waals surface area (Å²) >= 11 is 9.80. The highest BCUT2D eigenvalue weighted by Gasteiger charge is 2.01. The number of anilines is 2. The average Bonchev–Trinajstić information content (AvgIpc) is 2.68. The first kappa shape index (κ1) is 13.0. The molecule has 0 saturated carbocycles. The van der Waals surface area contributed by atoms with Crippen LogP contribution in [0.3, 0.4) is 0 Å². The van der Waals surface area contributed by atoms with E-state index in [9.17, 15) is 0 Å². The molecule has 0 radical (unpaired) electrons. The van der Waals surface area contributed by atoms with Crippen LogP contribution in [0, 0.1) is 3.57 Å². The van der Waals surface area contributed by atoms with Crippen molar-refractivity contribution in [3.8, 4) is 0 Å². The van der Waals surface area contributed by atoms with Crippen molar-refractivity contribution in [1.29, 1.82) is 0 Å². The van der Waals surface area contributed by atoms with Crippen molar-refractivity contribution in [2.45, 2.75) is 6.42 Å². The number of benzene rings is 1. The van der Waals surface area contributed by atoms with Gasteiger partial charge in [-0.25, -0.2) is 0 Å². The molecule has 0 spiro atoms. The minimum atomic E-state index is 0.796. The predicted molar refractivity (Wildman–Crippen MR) is 85.1 cm³/mol. The fourth-order valence-electron chi connectivity index (χ4n) is 1.48. The van der Waals surface area contributed by atoms with Gasteiger partial charge in [-0.15, -0.1) is 11.3 Å². The quantitative estimate of drug-likeness (QED) is 0.617. The summed E-state index contributed by atoms with van der Waals surface area (Å²) in [6.45, 7) is 0.900. The second-order valence-electron chi connectivity index (χ2n) is 3.62. The zero-order valence-electron chi connectivity index (χ0n) is 9.04. The summed E-state index contributed by atoms with van der Waals surface area (Å²) in [5.74, 6) is 0. The predicted octanol–water partition coefficient (Wildman–Crippen LogP) is 4.24. The van der Waals surface area contributed by atoms with Crippen LogP contribution in [0.25, 0.3) is 0 Å². The molecule has 0 aliphatic rings. The molecule has 5 heteroatoms. The summed E-state index contributed by atoms with van der Waals surface area (Å²) in [4.78, 5) is 1.30. The minimum Gasteiger partial charge on any atom is -0.399 e. The Labute approximate surface area is 123 Å². The van der Waals surface area contributed by atoms with Crippen LogP contribution in [0.1, 0.15) is 4.88 Å². The molecular formula is C12H12ClIN2S. The van der Waals surface area contributed by atoms with E-state index in [0.29, 0.717) is 0 Å². The SMILES string of the molecule is Nc1ccc(NCCc2ccc(Cl)s2)c(I)c1. The van der Waals surface area contributed by atoms with Gasteiger partial charge in [0.15, 0.2) is 0 Å². The van der Waals surface area contributed by atoms with Gasteiger partial charge in [0, 0.05) is 26.4 Å². The number of hydrogen-bond donors (Lipinski definition) is 2. The van der Waals surface area contributed by atoms with Gasteiger partial charge in [0.25, 0.3) is 0 Å². The van der Waals surface area contributed by atoms with E-state index in [4.69, 9.17) is 17.3 Å². The molecule has 2 rings (SSSR count). The highest BCUT2D eigenvalue weighted by molar-refractivity contribution is 14.1. The molecule has 3 N–H and O–H groups in total. The molecular weight excluding hydrogens is 367 g/mol. The molecule has 0 fully saturated rings. The monoisotopic (exact) mass is 378 g/mol. The van der Waals surface area contributed by atoms with Gasteiger partial charge in [-0.1, -0.05) is 11.6 Å². The third-order valence-corrected chi connectivity index (χ3v) is 4.49. The molecule has 1 heterocycles. The Bertz CT molecular complexity index is 513. The van der Waals surface area contributed by atoms with E-state index in [-0.39, 0.29) is 0 Å². The Morgan fingerprint density at radius 2 is 2.12 bits per heavy atom. The number of thiophene rings is 1. The van der Waals surface area contributed by atoms with Gasteiger partial charge in [-0.2, -0.15) is 0 Å². The minimum absolute atomic E-state index is 0.796. The van der Waals surface area contributed by atoms with E-state index in [2.05, 4.69) is 34.0 Å². The smallest absolute Gasteiger partial charge is 0.0931 e. The molecule has 0 aliphatic carbocycles. The molecule has 0 atom stereocenters. The van der Waals surface area contributed by atoms with Gasteiger partial charge in [-0.05, 0) is 59.3 Å². The van der Waals surface area contributed by atoms with E-state index >= 15 is 0 Å². The van der Waals surface area contributed by atoms with Crippen LogP contribution in [0.5, 0.6) is 0 Å². The first-order valence-electron chi connectivity index (χ1n) is 5.18. The second kappa shape index (κ2) is 5.93. The maximum atomic E-state index is 5.88. The lowest BCUT2D eigenvalue weighted by Gasteiger charge is -2.08. The maximum absolute atomic E-state index is 5.88. The molecule has 1 aromatic heterocycles. The summed E-state index contributed by atoms with van der Waals surface area (Å²) in [6.07, 6.45) is 0.984. The number of nitrogens with two attached hydrogens (primary N) is 1. The van der Waals surface area contributed by atoms with Crippen LogP contribution in [-0.4, -0.2) is 6.54 Å². The van der Waals surface area contributed by atoms with Crippen LogP contribution in [-0.2, 0) is 6.42 Å². The van der Waals surface area contributed by atoms with Gasteiger partial charge < -0.3 is 11.1 Å². The van der Waals surface area contributed by atoms with Gasteiger partial charge in [0.2, 0.25) is 0 Å². The molecule has 0 bridgehead atoms. The first-order chi connectivity index (χ1) is 8.15. The summed E-state index contributed by atoms with van der Waals surface area (Å²) in [5.41, 5.74) is 7.63. The zero-order valence-corrected chi connectivity index (χ0v) is 12.8. The molecule has 17 heavy (non-hydrogen) atoms. The van der Waals surface area contributed by atoms with Crippen molar-refractivity contribution >= 4 is 56.9 Å². The van der Waals surface area contributed by atoms with Gasteiger partial charge in [0.05, 0.1) is 4.34 Å². The Hall–Kier alpha value is -0.460. The van der Waals surface area contributed by atoms with E-state index in [0.717, 1.165) is 32.2 Å². The van der Waals surface area contributed by atoms with E-state index in [1.807, 2.05) is 24.3 Å². The lowest BCUT2D eigenvalue weighted by molar-refractivity contribution is 1.04. The molecule has 1 aromatic carbocycles. The van der Waals surface area contributed by atoms with Crippen LogP contribution in [0.2, 0.25) is 4.34 Å². The maximum Gasteiger partial charge on any atom is 0.0931 e. The third kappa shape index (κ3) is 3.76. The highest BCUT2D eigenvalue weighted by atomic mass is 127. The summed E-state index contributed by atoms with van der Waals surface area (Å²) in [7, 11) is 0. The average molecular weight is 379 g/mol. The van der Waals surface area contributed by atoms with Crippen molar-refractivity contribution in [2.75, 3.05) is 17.6 Å². The first-order valence-corrected chi connectivity index (χ1v) is 7.45. The van der Waals surface area contributed by atoms with Crippen molar-refractivity contribution in [2.24, 2.45) is 0 Å². The topological polar surface area (TPSA) is 38.0 Å². The van der Waals surface area contributed by atoms with Crippen LogP contribution >= 0.6 is 45.5 Å². The number of rotatable bonds is 4. The van der Waals surface area contributed by atoms with Crippen molar-refractivity contribution in [1.82, 2.24) is 0 Å². The number of nitrogens with one attached hydrogen (secondary N) is 1. The van der Waals surface area contributed by atoms with Crippen molar-refractivity contribution < 1.29 is 0 Å². The van der Waals surface area contributed by atoms with E-state index in [1.54, 1.807) is 11.3 Å². The lowest BCUT2D eigenvalue weighted by atomic mass is 10.2. The number of nitrogen functional groups attached to an aromatic ring is 1. The fourth-order valence-corrected chi connectivity index (χ4v) is 3.30. The Morgan fingerprint density at radius 1 is 1.29 bits per heavy atom. The van der Waals surface area contributed by atoms with Crippen LogP contribution < -0.4 is 11.1 Å². The third-order valence-electron chi connectivity index (χ3n) is 2.31. The van der Waals surface area contributed by atoms with Gasteiger partial charge in [-0.3, -0.25) is 0 Å². The Morgan fingerprint density at radius 3 is 2.76 bits per heavy atom. The van der Waals surface area contributed by atoms with Crippen molar-refractivity contribution in [3.63, 3.8) is 0 Å². The van der Waals surface area contributed by atoms with Crippen molar-refractivity contribution in [3.05, 3.63) is 43.1 Å². The van der Waals surface area contributed by atoms with Crippen LogP contribution in [0.15, 0.2) is 30.3 Å². The summed E-state index contributed by atoms with van der Waals surface area (Å²) < 4.78 is 1.99. The molecule has 0 amide bonds.